The van der Waals surface area contributed by atoms with Gasteiger partial charge in [-0.1, -0.05) is 22.0 Å². The fourth-order valence-electron chi connectivity index (χ4n) is 1.84. The zero-order chi connectivity index (χ0) is 10.7. The molecule has 0 aromatic heterocycles. The van der Waals surface area contributed by atoms with Gasteiger partial charge in [0.15, 0.2) is 0 Å². The molecule has 3 heteroatoms. The molecule has 0 spiro atoms. The highest BCUT2D eigenvalue weighted by molar-refractivity contribution is 9.10. The smallest absolute Gasteiger partial charge is 0.120 e. The molecular formula is C12H16BrNO. The molecule has 2 rings (SSSR count). The number of ether oxygens (including phenoxy) is 1. The zero-order valence-electron chi connectivity index (χ0n) is 8.95. The molecule has 0 amide bonds. The first kappa shape index (κ1) is 11.0. The number of likely N-dealkylation sites (tertiary alicyclic amines) is 1. The third kappa shape index (κ3) is 3.21. The van der Waals surface area contributed by atoms with E-state index in [1.807, 2.05) is 24.3 Å². The summed E-state index contributed by atoms with van der Waals surface area (Å²) in [5.74, 6) is 0.971. The van der Waals surface area contributed by atoms with Crippen LogP contribution in [0.1, 0.15) is 12.8 Å². The number of benzene rings is 1. The largest absolute Gasteiger partial charge is 0.490 e. The molecule has 0 atom stereocenters. The topological polar surface area (TPSA) is 12.5 Å². The summed E-state index contributed by atoms with van der Waals surface area (Å²) in [6.45, 7) is 2.28. The Morgan fingerprint density at radius 3 is 2.73 bits per heavy atom. The standard InChI is InChI=1S/C12H16BrNO/c1-14-7-5-11(6-8-14)15-12-4-2-3-10(13)9-12/h2-4,9,11H,5-8H2,1H3. The molecule has 0 aliphatic carbocycles. The Hall–Kier alpha value is -0.540. The third-order valence-corrected chi connectivity index (χ3v) is 3.26. The highest BCUT2D eigenvalue weighted by atomic mass is 79.9. The fourth-order valence-corrected chi connectivity index (χ4v) is 2.21. The van der Waals surface area contributed by atoms with E-state index in [1.165, 1.54) is 0 Å². The van der Waals surface area contributed by atoms with Crippen molar-refractivity contribution < 1.29 is 4.74 Å². The summed E-state index contributed by atoms with van der Waals surface area (Å²) < 4.78 is 7.00. The molecule has 0 radical (unpaired) electrons. The van der Waals surface area contributed by atoms with E-state index in [-0.39, 0.29) is 0 Å². The molecule has 0 N–H and O–H groups in total. The van der Waals surface area contributed by atoms with Gasteiger partial charge in [-0.15, -0.1) is 0 Å². The summed E-state index contributed by atoms with van der Waals surface area (Å²) in [7, 11) is 2.16. The van der Waals surface area contributed by atoms with Gasteiger partial charge in [0.25, 0.3) is 0 Å². The SMILES string of the molecule is CN1CCC(Oc2cccc(Br)c2)CC1. The Morgan fingerprint density at radius 1 is 1.33 bits per heavy atom. The Bertz CT molecular complexity index is 321. The van der Waals surface area contributed by atoms with Gasteiger partial charge in [0.1, 0.15) is 11.9 Å². The normalized spacial score (nSPS) is 19.1. The van der Waals surface area contributed by atoms with E-state index in [0.717, 1.165) is 36.2 Å². The van der Waals surface area contributed by atoms with Gasteiger partial charge < -0.3 is 9.64 Å². The van der Waals surface area contributed by atoms with E-state index in [0.29, 0.717) is 6.10 Å². The quantitative estimate of drug-likeness (QED) is 0.819. The van der Waals surface area contributed by atoms with E-state index in [1.54, 1.807) is 0 Å². The number of rotatable bonds is 2. The van der Waals surface area contributed by atoms with Gasteiger partial charge in [0.2, 0.25) is 0 Å². The summed E-state index contributed by atoms with van der Waals surface area (Å²) in [6.07, 6.45) is 2.64. The molecule has 0 saturated carbocycles. The van der Waals surface area contributed by atoms with Gasteiger partial charge in [-0.25, -0.2) is 0 Å². The molecule has 15 heavy (non-hydrogen) atoms. The molecule has 1 fully saturated rings. The van der Waals surface area contributed by atoms with Gasteiger partial charge in [0.05, 0.1) is 0 Å². The minimum Gasteiger partial charge on any atom is -0.490 e. The first-order valence-corrected chi connectivity index (χ1v) is 6.14. The van der Waals surface area contributed by atoms with Crippen molar-refractivity contribution in [2.75, 3.05) is 20.1 Å². The number of hydrogen-bond acceptors (Lipinski definition) is 2. The minimum atomic E-state index is 0.385. The zero-order valence-corrected chi connectivity index (χ0v) is 10.5. The Balaban J connectivity index is 1.92. The van der Waals surface area contributed by atoms with Crippen LogP contribution in [-0.2, 0) is 0 Å². The second-order valence-corrected chi connectivity index (χ2v) is 4.99. The van der Waals surface area contributed by atoms with E-state index >= 15 is 0 Å². The molecule has 1 aliphatic heterocycles. The maximum absolute atomic E-state index is 5.93. The Labute approximate surface area is 99.4 Å². The monoisotopic (exact) mass is 269 g/mol. The lowest BCUT2D eigenvalue weighted by molar-refractivity contribution is 0.114. The average Bonchev–Trinajstić information content (AvgIpc) is 2.22. The van der Waals surface area contributed by atoms with Crippen molar-refractivity contribution >= 4 is 15.9 Å². The van der Waals surface area contributed by atoms with Gasteiger partial charge in [-0.05, 0) is 38.1 Å². The van der Waals surface area contributed by atoms with E-state index in [2.05, 4.69) is 27.9 Å². The van der Waals surface area contributed by atoms with Crippen molar-refractivity contribution in [2.24, 2.45) is 0 Å². The second kappa shape index (κ2) is 4.99. The van der Waals surface area contributed by atoms with Gasteiger partial charge in [-0.3, -0.25) is 0 Å². The first-order valence-electron chi connectivity index (χ1n) is 5.35. The van der Waals surface area contributed by atoms with Crippen molar-refractivity contribution in [1.82, 2.24) is 4.90 Å². The van der Waals surface area contributed by atoms with Crippen LogP contribution in [0.2, 0.25) is 0 Å². The second-order valence-electron chi connectivity index (χ2n) is 4.08. The predicted molar refractivity (Wildman–Crippen MR) is 65.3 cm³/mol. The maximum Gasteiger partial charge on any atom is 0.120 e. The van der Waals surface area contributed by atoms with E-state index in [9.17, 15) is 0 Å². The molecule has 1 saturated heterocycles. The molecule has 1 aliphatic rings. The summed E-state index contributed by atoms with van der Waals surface area (Å²) >= 11 is 3.45. The highest BCUT2D eigenvalue weighted by Gasteiger charge is 2.17. The van der Waals surface area contributed by atoms with Crippen LogP contribution < -0.4 is 4.74 Å². The number of hydrogen-bond donors (Lipinski definition) is 0. The van der Waals surface area contributed by atoms with Gasteiger partial charge in [-0.2, -0.15) is 0 Å². The van der Waals surface area contributed by atoms with Crippen molar-refractivity contribution in [1.29, 1.82) is 0 Å². The molecule has 82 valence electrons. The predicted octanol–water partition coefficient (Wildman–Crippen LogP) is 2.92. The van der Waals surface area contributed by atoms with Crippen molar-refractivity contribution in [2.45, 2.75) is 18.9 Å². The molecular weight excluding hydrogens is 254 g/mol. The van der Waals surface area contributed by atoms with Crippen LogP contribution >= 0.6 is 15.9 Å². The van der Waals surface area contributed by atoms with Crippen molar-refractivity contribution in [3.05, 3.63) is 28.7 Å². The van der Waals surface area contributed by atoms with Crippen molar-refractivity contribution in [3.8, 4) is 5.75 Å². The van der Waals surface area contributed by atoms with Crippen LogP contribution in [0, 0.1) is 0 Å². The molecule has 0 bridgehead atoms. The summed E-state index contributed by atoms with van der Waals surface area (Å²) in [5.41, 5.74) is 0. The van der Waals surface area contributed by atoms with Crippen LogP contribution in [0.25, 0.3) is 0 Å². The van der Waals surface area contributed by atoms with Crippen LogP contribution in [0.15, 0.2) is 28.7 Å². The van der Waals surface area contributed by atoms with Gasteiger partial charge in [0, 0.05) is 17.6 Å². The van der Waals surface area contributed by atoms with Crippen molar-refractivity contribution in [3.63, 3.8) is 0 Å². The van der Waals surface area contributed by atoms with Crippen LogP contribution in [-0.4, -0.2) is 31.1 Å². The average molecular weight is 270 g/mol. The molecule has 1 aromatic carbocycles. The maximum atomic E-state index is 5.93. The molecule has 0 unspecified atom stereocenters. The first-order chi connectivity index (χ1) is 7.24. The van der Waals surface area contributed by atoms with E-state index < -0.39 is 0 Å². The molecule has 1 aromatic rings. The number of nitrogens with zero attached hydrogens (tertiary/aromatic N) is 1. The molecule has 1 heterocycles. The highest BCUT2D eigenvalue weighted by Crippen LogP contribution is 2.21. The minimum absolute atomic E-state index is 0.385. The van der Waals surface area contributed by atoms with Crippen LogP contribution in [0.5, 0.6) is 5.75 Å². The van der Waals surface area contributed by atoms with Crippen LogP contribution in [0.4, 0.5) is 0 Å². The molecule has 2 nitrogen and oxygen atoms in total. The Morgan fingerprint density at radius 2 is 2.07 bits per heavy atom. The lowest BCUT2D eigenvalue weighted by Crippen LogP contribution is -2.35. The Kier molecular flexibility index (Phi) is 3.65. The van der Waals surface area contributed by atoms with Gasteiger partial charge >= 0.3 is 0 Å². The van der Waals surface area contributed by atoms with Crippen LogP contribution in [0.3, 0.4) is 0 Å². The third-order valence-electron chi connectivity index (χ3n) is 2.76. The fraction of sp³-hybridized carbons (Fsp3) is 0.500. The lowest BCUT2D eigenvalue weighted by atomic mass is 10.1. The number of piperidine rings is 1. The lowest BCUT2D eigenvalue weighted by Gasteiger charge is -2.29. The summed E-state index contributed by atoms with van der Waals surface area (Å²) in [6, 6.07) is 8.07. The summed E-state index contributed by atoms with van der Waals surface area (Å²) in [4.78, 5) is 2.35. The number of halogens is 1. The summed E-state index contributed by atoms with van der Waals surface area (Å²) in [5, 5.41) is 0. The van der Waals surface area contributed by atoms with E-state index in [4.69, 9.17) is 4.74 Å².